The van der Waals surface area contributed by atoms with Crippen molar-refractivity contribution in [2.75, 3.05) is 26.8 Å². The van der Waals surface area contributed by atoms with E-state index in [0.29, 0.717) is 18.3 Å². The summed E-state index contributed by atoms with van der Waals surface area (Å²) in [6, 6.07) is 4.29. The van der Waals surface area contributed by atoms with Gasteiger partial charge in [-0.2, -0.15) is 0 Å². The van der Waals surface area contributed by atoms with Crippen molar-refractivity contribution >= 4 is 5.78 Å². The number of aliphatic hydroxyl groups excluding tert-OH is 1. The van der Waals surface area contributed by atoms with E-state index < -0.39 is 5.82 Å². The molecule has 1 aliphatic rings. The van der Waals surface area contributed by atoms with Crippen molar-refractivity contribution in [3.63, 3.8) is 0 Å². The smallest absolute Gasteiger partial charge is 0.180 e. The highest BCUT2D eigenvalue weighted by atomic mass is 19.1. The van der Waals surface area contributed by atoms with Crippen LogP contribution in [0.3, 0.4) is 0 Å². The van der Waals surface area contributed by atoms with Gasteiger partial charge in [0.15, 0.2) is 5.78 Å². The van der Waals surface area contributed by atoms with Gasteiger partial charge in [0.2, 0.25) is 0 Å². The van der Waals surface area contributed by atoms with E-state index in [1.807, 2.05) is 4.90 Å². The lowest BCUT2D eigenvalue weighted by atomic mass is 10.1. The van der Waals surface area contributed by atoms with Gasteiger partial charge in [-0.3, -0.25) is 9.69 Å². The van der Waals surface area contributed by atoms with Crippen LogP contribution in [0.1, 0.15) is 36.0 Å². The molecule has 0 aliphatic heterocycles. The van der Waals surface area contributed by atoms with Crippen LogP contribution in [0.4, 0.5) is 4.39 Å². The van der Waals surface area contributed by atoms with Crippen molar-refractivity contribution in [3.05, 3.63) is 29.6 Å². The number of halogens is 1. The number of ether oxygens (including phenoxy) is 1. The molecule has 1 aromatic carbocycles. The standard InChI is InChI=1S/C16H22FNO3/c1-21-16-7-6-12(17)10-14(16)15(20)11-18(8-9-19)13-4-2-3-5-13/h6-7,10,13,19H,2-5,8-9,11H2,1H3. The van der Waals surface area contributed by atoms with Crippen molar-refractivity contribution < 1.29 is 19.0 Å². The minimum absolute atomic E-state index is 0.0179. The molecule has 4 nitrogen and oxygen atoms in total. The van der Waals surface area contributed by atoms with Gasteiger partial charge in [0.1, 0.15) is 11.6 Å². The molecule has 0 amide bonds. The molecule has 1 saturated carbocycles. The normalized spacial score (nSPS) is 15.6. The molecule has 1 aliphatic carbocycles. The van der Waals surface area contributed by atoms with Crippen LogP contribution in [0.25, 0.3) is 0 Å². The third-order valence-corrected chi connectivity index (χ3v) is 4.04. The highest BCUT2D eigenvalue weighted by Gasteiger charge is 2.25. The number of carbonyl (C=O) groups excluding carboxylic acids is 1. The summed E-state index contributed by atoms with van der Waals surface area (Å²) in [7, 11) is 1.46. The summed E-state index contributed by atoms with van der Waals surface area (Å²) in [6.45, 7) is 0.670. The fraction of sp³-hybridized carbons (Fsp3) is 0.562. The topological polar surface area (TPSA) is 49.8 Å². The lowest BCUT2D eigenvalue weighted by molar-refractivity contribution is 0.0859. The first-order valence-electron chi connectivity index (χ1n) is 7.37. The summed E-state index contributed by atoms with van der Waals surface area (Å²) >= 11 is 0. The van der Waals surface area contributed by atoms with Gasteiger partial charge >= 0.3 is 0 Å². The minimum atomic E-state index is -0.450. The molecule has 0 bridgehead atoms. The Morgan fingerprint density at radius 1 is 1.43 bits per heavy atom. The van der Waals surface area contributed by atoms with Crippen LogP contribution in [0.15, 0.2) is 18.2 Å². The molecule has 0 atom stereocenters. The Hall–Kier alpha value is -1.46. The summed E-state index contributed by atoms with van der Waals surface area (Å²) in [5, 5.41) is 9.19. The molecule has 116 valence electrons. The molecule has 0 heterocycles. The number of carbonyl (C=O) groups is 1. The summed E-state index contributed by atoms with van der Waals surface area (Å²) in [5.41, 5.74) is 0.262. The Balaban J connectivity index is 2.12. The van der Waals surface area contributed by atoms with Crippen molar-refractivity contribution in [1.29, 1.82) is 0 Å². The van der Waals surface area contributed by atoms with Gasteiger partial charge in [-0.25, -0.2) is 4.39 Å². The SMILES string of the molecule is COc1ccc(F)cc1C(=O)CN(CCO)C1CCCC1. The van der Waals surface area contributed by atoms with Crippen LogP contribution in [0, 0.1) is 5.82 Å². The Morgan fingerprint density at radius 3 is 2.76 bits per heavy atom. The van der Waals surface area contributed by atoms with Gasteiger partial charge in [-0.05, 0) is 31.0 Å². The Morgan fingerprint density at radius 2 is 2.14 bits per heavy atom. The van der Waals surface area contributed by atoms with E-state index in [0.717, 1.165) is 25.7 Å². The molecular formula is C16H22FNO3. The predicted molar refractivity (Wildman–Crippen MR) is 78.2 cm³/mol. The van der Waals surface area contributed by atoms with Crippen molar-refractivity contribution in [2.24, 2.45) is 0 Å². The molecule has 21 heavy (non-hydrogen) atoms. The summed E-state index contributed by atoms with van der Waals surface area (Å²) in [5.74, 6) is -0.239. The lowest BCUT2D eigenvalue weighted by Crippen LogP contribution is -2.39. The minimum Gasteiger partial charge on any atom is -0.496 e. The monoisotopic (exact) mass is 295 g/mol. The second-order valence-electron chi connectivity index (χ2n) is 5.40. The summed E-state index contributed by atoms with van der Waals surface area (Å²) in [6.07, 6.45) is 4.41. The van der Waals surface area contributed by atoms with E-state index in [-0.39, 0.29) is 24.5 Å². The second-order valence-corrected chi connectivity index (χ2v) is 5.40. The number of nitrogens with zero attached hydrogens (tertiary/aromatic N) is 1. The van der Waals surface area contributed by atoms with Gasteiger partial charge in [-0.15, -0.1) is 0 Å². The third kappa shape index (κ3) is 4.02. The van der Waals surface area contributed by atoms with E-state index >= 15 is 0 Å². The largest absolute Gasteiger partial charge is 0.496 e. The zero-order valence-corrected chi connectivity index (χ0v) is 12.3. The fourth-order valence-electron chi connectivity index (χ4n) is 2.96. The number of benzene rings is 1. The highest BCUT2D eigenvalue weighted by Crippen LogP contribution is 2.25. The van der Waals surface area contributed by atoms with Gasteiger partial charge < -0.3 is 9.84 Å². The zero-order chi connectivity index (χ0) is 15.2. The van der Waals surface area contributed by atoms with Crippen molar-refractivity contribution in [2.45, 2.75) is 31.7 Å². The molecule has 0 saturated heterocycles. The van der Waals surface area contributed by atoms with E-state index in [4.69, 9.17) is 4.74 Å². The molecule has 2 rings (SSSR count). The molecule has 0 spiro atoms. The molecule has 0 aromatic heterocycles. The molecule has 1 N–H and O–H groups in total. The molecular weight excluding hydrogens is 273 g/mol. The van der Waals surface area contributed by atoms with E-state index in [2.05, 4.69) is 0 Å². The van der Waals surface area contributed by atoms with Crippen LogP contribution in [0.5, 0.6) is 5.75 Å². The molecule has 5 heteroatoms. The summed E-state index contributed by atoms with van der Waals surface area (Å²) < 4.78 is 18.5. The number of hydrogen-bond acceptors (Lipinski definition) is 4. The van der Waals surface area contributed by atoms with Gasteiger partial charge in [0.05, 0.1) is 25.8 Å². The van der Waals surface area contributed by atoms with Crippen LogP contribution in [0.2, 0.25) is 0 Å². The maximum atomic E-state index is 13.4. The van der Waals surface area contributed by atoms with Gasteiger partial charge in [-0.1, -0.05) is 12.8 Å². The van der Waals surface area contributed by atoms with Crippen LogP contribution >= 0.6 is 0 Å². The fourth-order valence-corrected chi connectivity index (χ4v) is 2.96. The predicted octanol–water partition coefficient (Wildman–Crippen LogP) is 2.25. The van der Waals surface area contributed by atoms with Gasteiger partial charge in [0, 0.05) is 12.6 Å². The Kier molecular flexibility index (Phi) is 5.70. The average Bonchev–Trinajstić information content (AvgIpc) is 3.00. The first kappa shape index (κ1) is 15.9. The highest BCUT2D eigenvalue weighted by molar-refractivity contribution is 6.00. The lowest BCUT2D eigenvalue weighted by Gasteiger charge is -2.27. The van der Waals surface area contributed by atoms with Gasteiger partial charge in [0.25, 0.3) is 0 Å². The maximum Gasteiger partial charge on any atom is 0.180 e. The molecule has 0 unspecified atom stereocenters. The first-order chi connectivity index (χ1) is 10.2. The average molecular weight is 295 g/mol. The zero-order valence-electron chi connectivity index (χ0n) is 12.3. The Labute approximate surface area is 124 Å². The molecule has 1 fully saturated rings. The molecule has 1 aromatic rings. The van der Waals surface area contributed by atoms with Crippen LogP contribution in [-0.4, -0.2) is 48.6 Å². The molecule has 0 radical (unpaired) electrons. The number of aliphatic hydroxyl groups is 1. The van der Waals surface area contributed by atoms with Crippen molar-refractivity contribution in [1.82, 2.24) is 4.90 Å². The quantitative estimate of drug-likeness (QED) is 0.784. The van der Waals surface area contributed by atoms with E-state index in [1.54, 1.807) is 0 Å². The number of rotatable bonds is 7. The number of methoxy groups -OCH3 is 1. The third-order valence-electron chi connectivity index (χ3n) is 4.04. The number of ketones is 1. The maximum absolute atomic E-state index is 13.4. The van der Waals surface area contributed by atoms with Crippen LogP contribution < -0.4 is 4.74 Å². The second kappa shape index (κ2) is 7.52. The van der Waals surface area contributed by atoms with Crippen LogP contribution in [-0.2, 0) is 0 Å². The first-order valence-corrected chi connectivity index (χ1v) is 7.37. The summed E-state index contributed by atoms with van der Waals surface area (Å²) in [4.78, 5) is 14.4. The van der Waals surface area contributed by atoms with E-state index in [1.165, 1.54) is 25.3 Å². The van der Waals surface area contributed by atoms with Crippen molar-refractivity contribution in [3.8, 4) is 5.75 Å². The number of Topliss-reactive ketones (excluding diaryl/α,β-unsaturated/α-hetero) is 1. The number of hydrogen-bond donors (Lipinski definition) is 1. The van der Waals surface area contributed by atoms with E-state index in [9.17, 15) is 14.3 Å². The Bertz CT molecular complexity index is 486.